The molecule has 15 heavy (non-hydrogen) atoms. The first-order valence-electron chi connectivity index (χ1n) is 5.30. The molecule has 0 fully saturated rings. The Morgan fingerprint density at radius 1 is 1.47 bits per heavy atom. The van der Waals surface area contributed by atoms with Gasteiger partial charge in [-0.25, -0.2) is 4.39 Å². The van der Waals surface area contributed by atoms with Crippen LogP contribution in [0.3, 0.4) is 0 Å². The molecular weight excluding hydrogens is 191 g/mol. The second-order valence-corrected chi connectivity index (χ2v) is 4.10. The normalized spacial score (nSPS) is 12.5. The monoisotopic (exact) mass is 210 g/mol. The lowest BCUT2D eigenvalue weighted by Crippen LogP contribution is -2.24. The molecule has 1 atom stereocenters. The maximum atomic E-state index is 12.8. The van der Waals surface area contributed by atoms with Crippen LogP contribution in [0.5, 0.6) is 0 Å². The van der Waals surface area contributed by atoms with E-state index in [9.17, 15) is 4.39 Å². The molecule has 0 aromatic heterocycles. The fourth-order valence-electron chi connectivity index (χ4n) is 1.57. The highest BCUT2D eigenvalue weighted by molar-refractivity contribution is 5.67. The summed E-state index contributed by atoms with van der Waals surface area (Å²) in [6.45, 7) is 5.29. The molecule has 3 heteroatoms. The Kier molecular flexibility index (Phi) is 3.95. The molecule has 0 spiro atoms. The zero-order chi connectivity index (χ0) is 11.4. The molecule has 0 radical (unpaired) electrons. The van der Waals surface area contributed by atoms with Crippen molar-refractivity contribution >= 4 is 11.4 Å². The Morgan fingerprint density at radius 3 is 2.67 bits per heavy atom. The molecule has 2 nitrogen and oxygen atoms in total. The van der Waals surface area contributed by atoms with Gasteiger partial charge in [-0.15, -0.1) is 0 Å². The average Bonchev–Trinajstić information content (AvgIpc) is 2.17. The summed E-state index contributed by atoms with van der Waals surface area (Å²) in [5.74, 6) is 0.327. The van der Waals surface area contributed by atoms with Crippen LogP contribution in [0.15, 0.2) is 18.2 Å². The maximum Gasteiger partial charge on any atom is 0.125 e. The standard InChI is InChI=1S/C12H19FN2/c1-4-9(2)8-15(3)12-6-5-10(13)7-11(12)14/h5-7,9H,4,8,14H2,1-3H3. The van der Waals surface area contributed by atoms with Crippen molar-refractivity contribution in [3.05, 3.63) is 24.0 Å². The maximum absolute atomic E-state index is 12.8. The molecule has 1 rings (SSSR count). The number of nitrogen functional groups attached to an aromatic ring is 1. The zero-order valence-corrected chi connectivity index (χ0v) is 9.63. The van der Waals surface area contributed by atoms with Crippen LogP contribution in [0.25, 0.3) is 0 Å². The van der Waals surface area contributed by atoms with E-state index in [4.69, 9.17) is 5.73 Å². The molecule has 0 aliphatic heterocycles. The van der Waals surface area contributed by atoms with E-state index in [0.717, 1.165) is 18.7 Å². The molecule has 2 N–H and O–H groups in total. The second kappa shape index (κ2) is 5.01. The summed E-state index contributed by atoms with van der Waals surface area (Å²) in [4.78, 5) is 2.07. The lowest BCUT2D eigenvalue weighted by molar-refractivity contribution is 0.560. The number of anilines is 2. The molecule has 0 heterocycles. The number of halogens is 1. The van der Waals surface area contributed by atoms with Crippen LogP contribution < -0.4 is 10.6 Å². The fourth-order valence-corrected chi connectivity index (χ4v) is 1.57. The quantitative estimate of drug-likeness (QED) is 0.774. The molecule has 0 amide bonds. The van der Waals surface area contributed by atoms with Crippen molar-refractivity contribution in [3.63, 3.8) is 0 Å². The Balaban J connectivity index is 2.77. The van der Waals surface area contributed by atoms with Crippen molar-refractivity contribution in [3.8, 4) is 0 Å². The van der Waals surface area contributed by atoms with E-state index in [-0.39, 0.29) is 5.82 Å². The van der Waals surface area contributed by atoms with Crippen LogP contribution in [0.2, 0.25) is 0 Å². The highest BCUT2D eigenvalue weighted by Crippen LogP contribution is 2.23. The lowest BCUT2D eigenvalue weighted by Gasteiger charge is -2.24. The summed E-state index contributed by atoms with van der Waals surface area (Å²) in [5.41, 5.74) is 7.16. The SMILES string of the molecule is CCC(C)CN(C)c1ccc(F)cc1N. The summed E-state index contributed by atoms with van der Waals surface area (Å²) < 4.78 is 12.8. The first-order chi connectivity index (χ1) is 7.04. The van der Waals surface area contributed by atoms with E-state index < -0.39 is 0 Å². The highest BCUT2D eigenvalue weighted by atomic mass is 19.1. The van der Waals surface area contributed by atoms with Gasteiger partial charge in [0.05, 0.1) is 11.4 Å². The number of nitrogens with two attached hydrogens (primary N) is 1. The molecule has 84 valence electrons. The third kappa shape index (κ3) is 3.11. The van der Waals surface area contributed by atoms with Crippen LogP contribution >= 0.6 is 0 Å². The minimum Gasteiger partial charge on any atom is -0.397 e. The van der Waals surface area contributed by atoms with Crippen molar-refractivity contribution in [2.45, 2.75) is 20.3 Å². The Labute approximate surface area is 90.9 Å². The highest BCUT2D eigenvalue weighted by Gasteiger charge is 2.08. The predicted molar refractivity (Wildman–Crippen MR) is 63.5 cm³/mol. The van der Waals surface area contributed by atoms with Gasteiger partial charge >= 0.3 is 0 Å². The molecule has 1 aromatic carbocycles. The molecule has 1 unspecified atom stereocenters. The van der Waals surface area contributed by atoms with E-state index in [1.807, 2.05) is 7.05 Å². The first kappa shape index (κ1) is 11.8. The van der Waals surface area contributed by atoms with E-state index in [2.05, 4.69) is 18.7 Å². The van der Waals surface area contributed by atoms with Crippen LogP contribution in [0, 0.1) is 11.7 Å². The topological polar surface area (TPSA) is 29.3 Å². The molecule has 1 aromatic rings. The van der Waals surface area contributed by atoms with Gasteiger partial charge in [-0.05, 0) is 24.1 Å². The third-order valence-corrected chi connectivity index (χ3v) is 2.68. The van der Waals surface area contributed by atoms with E-state index in [0.29, 0.717) is 11.6 Å². The predicted octanol–water partition coefficient (Wildman–Crippen LogP) is 2.89. The second-order valence-electron chi connectivity index (χ2n) is 4.10. The number of hydrogen-bond acceptors (Lipinski definition) is 2. The van der Waals surface area contributed by atoms with Crippen molar-refractivity contribution in [2.24, 2.45) is 5.92 Å². The van der Waals surface area contributed by atoms with Crippen LogP contribution in [0.1, 0.15) is 20.3 Å². The Hall–Kier alpha value is -1.25. The number of nitrogens with zero attached hydrogens (tertiary/aromatic N) is 1. The van der Waals surface area contributed by atoms with Gasteiger partial charge < -0.3 is 10.6 Å². The molecule has 0 aliphatic rings. The Bertz CT molecular complexity index is 325. The minimum absolute atomic E-state index is 0.284. The van der Waals surface area contributed by atoms with Crippen molar-refractivity contribution in [1.29, 1.82) is 0 Å². The van der Waals surface area contributed by atoms with Gasteiger partial charge in [-0.3, -0.25) is 0 Å². The van der Waals surface area contributed by atoms with Gasteiger partial charge in [0.25, 0.3) is 0 Å². The van der Waals surface area contributed by atoms with E-state index >= 15 is 0 Å². The summed E-state index contributed by atoms with van der Waals surface area (Å²) in [7, 11) is 1.98. The Morgan fingerprint density at radius 2 is 2.13 bits per heavy atom. The van der Waals surface area contributed by atoms with Gasteiger partial charge in [0, 0.05) is 13.6 Å². The van der Waals surface area contributed by atoms with Crippen LogP contribution in [-0.2, 0) is 0 Å². The van der Waals surface area contributed by atoms with Crippen molar-refractivity contribution < 1.29 is 4.39 Å². The summed E-state index contributed by atoms with van der Waals surface area (Å²) in [6, 6.07) is 4.54. The smallest absolute Gasteiger partial charge is 0.125 e. The summed E-state index contributed by atoms with van der Waals surface area (Å²) >= 11 is 0. The number of benzene rings is 1. The van der Waals surface area contributed by atoms with E-state index in [1.165, 1.54) is 12.1 Å². The largest absolute Gasteiger partial charge is 0.397 e. The summed E-state index contributed by atoms with van der Waals surface area (Å²) in [6.07, 6.45) is 1.13. The lowest BCUT2D eigenvalue weighted by atomic mass is 10.1. The van der Waals surface area contributed by atoms with Crippen LogP contribution in [0.4, 0.5) is 15.8 Å². The minimum atomic E-state index is -0.284. The van der Waals surface area contributed by atoms with E-state index in [1.54, 1.807) is 6.07 Å². The molecule has 0 saturated heterocycles. The van der Waals surface area contributed by atoms with Crippen molar-refractivity contribution in [2.75, 3.05) is 24.2 Å². The first-order valence-corrected chi connectivity index (χ1v) is 5.30. The van der Waals surface area contributed by atoms with Gasteiger partial charge in [-0.1, -0.05) is 20.3 Å². The van der Waals surface area contributed by atoms with Crippen molar-refractivity contribution in [1.82, 2.24) is 0 Å². The van der Waals surface area contributed by atoms with Gasteiger partial charge in [0.1, 0.15) is 5.82 Å². The summed E-state index contributed by atoms with van der Waals surface area (Å²) in [5, 5.41) is 0. The van der Waals surface area contributed by atoms with Gasteiger partial charge in [-0.2, -0.15) is 0 Å². The third-order valence-electron chi connectivity index (χ3n) is 2.68. The fraction of sp³-hybridized carbons (Fsp3) is 0.500. The average molecular weight is 210 g/mol. The number of hydrogen-bond donors (Lipinski definition) is 1. The van der Waals surface area contributed by atoms with Gasteiger partial charge in [0.15, 0.2) is 0 Å². The molecule has 0 saturated carbocycles. The molecular formula is C12H19FN2. The van der Waals surface area contributed by atoms with Crippen LogP contribution in [-0.4, -0.2) is 13.6 Å². The zero-order valence-electron chi connectivity index (χ0n) is 9.63. The molecule has 0 aliphatic carbocycles. The molecule has 0 bridgehead atoms. The number of rotatable bonds is 4. The van der Waals surface area contributed by atoms with Gasteiger partial charge in [0.2, 0.25) is 0 Å².